The Hall–Kier alpha value is -3.25. The molecule has 0 radical (unpaired) electrons. The van der Waals surface area contributed by atoms with Crippen molar-refractivity contribution in [1.82, 2.24) is 5.43 Å². The van der Waals surface area contributed by atoms with Crippen molar-refractivity contribution in [2.24, 2.45) is 5.10 Å². The number of ether oxygens (including phenoxy) is 1. The van der Waals surface area contributed by atoms with E-state index in [-0.39, 0.29) is 18.1 Å². The van der Waals surface area contributed by atoms with Gasteiger partial charge in [0.25, 0.3) is 0 Å². The van der Waals surface area contributed by atoms with Gasteiger partial charge in [0.1, 0.15) is 18.2 Å². The number of carbonyl (C=O) groups is 1. The first-order chi connectivity index (χ1) is 14.5. The number of rotatable bonds is 7. The van der Waals surface area contributed by atoms with E-state index in [9.17, 15) is 9.18 Å². The maximum atomic E-state index is 12.9. The highest BCUT2D eigenvalue weighted by atomic mass is 127. The molecule has 3 aromatic rings. The van der Waals surface area contributed by atoms with Crippen LogP contribution in [0.15, 0.2) is 71.8 Å². The van der Waals surface area contributed by atoms with E-state index in [2.05, 4.69) is 39.2 Å². The van der Waals surface area contributed by atoms with Crippen LogP contribution in [-0.4, -0.2) is 12.1 Å². The Balaban J connectivity index is 1.55. The zero-order chi connectivity index (χ0) is 21.3. The van der Waals surface area contributed by atoms with Gasteiger partial charge >= 0.3 is 0 Å². The van der Waals surface area contributed by atoms with Gasteiger partial charge in [-0.1, -0.05) is 30.3 Å². The van der Waals surface area contributed by atoms with E-state index in [0.717, 1.165) is 14.7 Å². The van der Waals surface area contributed by atoms with E-state index in [1.54, 1.807) is 24.4 Å². The van der Waals surface area contributed by atoms with Crippen molar-refractivity contribution in [3.8, 4) is 11.8 Å². The fourth-order valence-electron chi connectivity index (χ4n) is 2.63. The van der Waals surface area contributed by atoms with Gasteiger partial charge in [0.2, 0.25) is 5.91 Å². The summed E-state index contributed by atoms with van der Waals surface area (Å²) in [6, 6.07) is 20.7. The summed E-state index contributed by atoms with van der Waals surface area (Å²) in [5, 5.41) is 13.1. The first-order valence-corrected chi connectivity index (χ1v) is 10.1. The quantitative estimate of drug-likeness (QED) is 0.286. The van der Waals surface area contributed by atoms with Crippen LogP contribution in [0.2, 0.25) is 0 Å². The second kappa shape index (κ2) is 10.5. The highest BCUT2D eigenvalue weighted by molar-refractivity contribution is 14.1. The Bertz CT molecular complexity index is 1110. The minimum atomic E-state index is -0.339. The molecule has 7 heteroatoms. The molecule has 3 aromatic carbocycles. The summed E-state index contributed by atoms with van der Waals surface area (Å²) in [6.45, 7) is 0.298. The number of benzene rings is 3. The predicted molar refractivity (Wildman–Crippen MR) is 120 cm³/mol. The lowest BCUT2D eigenvalue weighted by Gasteiger charge is -2.10. The summed E-state index contributed by atoms with van der Waals surface area (Å²) in [5.74, 6) is 0.0676. The molecule has 0 atom stereocenters. The molecule has 150 valence electrons. The Kier molecular flexibility index (Phi) is 7.51. The van der Waals surface area contributed by atoms with Gasteiger partial charge in [0, 0.05) is 5.56 Å². The first-order valence-electron chi connectivity index (χ1n) is 9.02. The third kappa shape index (κ3) is 6.12. The summed E-state index contributed by atoms with van der Waals surface area (Å²) in [4.78, 5) is 11.9. The Morgan fingerprint density at radius 1 is 1.17 bits per heavy atom. The summed E-state index contributed by atoms with van der Waals surface area (Å²) in [5.41, 5.74) is 5.38. The largest absolute Gasteiger partial charge is 0.488 e. The topological polar surface area (TPSA) is 74.5 Å². The molecule has 0 aromatic heterocycles. The van der Waals surface area contributed by atoms with Crippen LogP contribution in [0.4, 0.5) is 4.39 Å². The second-order valence-electron chi connectivity index (χ2n) is 6.34. The zero-order valence-electron chi connectivity index (χ0n) is 15.8. The van der Waals surface area contributed by atoms with E-state index in [1.807, 2.05) is 36.4 Å². The fourth-order valence-corrected chi connectivity index (χ4v) is 3.33. The molecular formula is C23H17FIN3O2. The number of nitriles is 1. The maximum absolute atomic E-state index is 12.9. The molecule has 1 amide bonds. The van der Waals surface area contributed by atoms with Crippen LogP contribution in [0.25, 0.3) is 0 Å². The molecule has 30 heavy (non-hydrogen) atoms. The average Bonchev–Trinajstić information content (AvgIpc) is 2.75. The van der Waals surface area contributed by atoms with Crippen molar-refractivity contribution in [3.05, 3.63) is 98.4 Å². The zero-order valence-corrected chi connectivity index (χ0v) is 18.0. The van der Waals surface area contributed by atoms with Gasteiger partial charge in [-0.25, -0.2) is 9.82 Å². The molecule has 0 heterocycles. The highest BCUT2D eigenvalue weighted by Crippen LogP contribution is 2.23. The van der Waals surface area contributed by atoms with Gasteiger partial charge in [0.05, 0.1) is 27.8 Å². The molecule has 1 N–H and O–H groups in total. The lowest BCUT2D eigenvalue weighted by atomic mass is 10.1. The number of hydrazone groups is 1. The molecule has 0 aliphatic carbocycles. The smallest absolute Gasteiger partial charge is 0.244 e. The average molecular weight is 513 g/mol. The van der Waals surface area contributed by atoms with Crippen molar-refractivity contribution >= 4 is 34.7 Å². The lowest BCUT2D eigenvalue weighted by Crippen LogP contribution is -2.19. The second-order valence-corrected chi connectivity index (χ2v) is 7.51. The van der Waals surface area contributed by atoms with E-state index in [1.165, 1.54) is 12.1 Å². The maximum Gasteiger partial charge on any atom is 0.244 e. The van der Waals surface area contributed by atoms with Crippen molar-refractivity contribution in [2.45, 2.75) is 13.0 Å². The van der Waals surface area contributed by atoms with Gasteiger partial charge in [-0.15, -0.1) is 0 Å². The molecule has 0 saturated carbocycles. The van der Waals surface area contributed by atoms with E-state index >= 15 is 0 Å². The third-order valence-electron chi connectivity index (χ3n) is 4.16. The van der Waals surface area contributed by atoms with Gasteiger partial charge in [-0.2, -0.15) is 10.4 Å². The van der Waals surface area contributed by atoms with Crippen molar-refractivity contribution in [3.63, 3.8) is 0 Å². The van der Waals surface area contributed by atoms with E-state index < -0.39 is 0 Å². The number of carbonyl (C=O) groups excluding carboxylic acids is 1. The van der Waals surface area contributed by atoms with Crippen LogP contribution in [0.1, 0.15) is 22.3 Å². The molecule has 0 aliphatic rings. The Morgan fingerprint density at radius 3 is 2.67 bits per heavy atom. The number of amides is 1. The van der Waals surface area contributed by atoms with Gasteiger partial charge in [-0.05, 0) is 70.1 Å². The van der Waals surface area contributed by atoms with Gasteiger partial charge in [-0.3, -0.25) is 4.79 Å². The molecule has 0 saturated heterocycles. The summed E-state index contributed by atoms with van der Waals surface area (Å²) >= 11 is 2.16. The molecule has 0 bridgehead atoms. The fraction of sp³-hybridized carbons (Fsp3) is 0.0870. The summed E-state index contributed by atoms with van der Waals surface area (Å²) < 4.78 is 19.6. The number of nitrogens with one attached hydrogen (secondary N) is 1. The van der Waals surface area contributed by atoms with Gasteiger partial charge in [0.15, 0.2) is 0 Å². The first kappa shape index (κ1) is 21.5. The predicted octanol–water partition coefficient (Wildman–Crippen LogP) is 4.57. The summed E-state index contributed by atoms with van der Waals surface area (Å²) in [7, 11) is 0. The standard InChI is InChI=1S/C23H17FIN3O2/c24-20-8-5-16(6-9-20)12-23(29)28-27-14-17-7-10-22(21(25)11-17)30-15-19-4-2-1-3-18(19)13-26/h1-11,14H,12,15H2,(H,28,29)/b27-14+. The van der Waals surface area contributed by atoms with Crippen LogP contribution >= 0.6 is 22.6 Å². The van der Waals surface area contributed by atoms with Crippen LogP contribution in [0, 0.1) is 20.7 Å². The number of hydrogen-bond acceptors (Lipinski definition) is 4. The SMILES string of the molecule is N#Cc1ccccc1COc1ccc(/C=N/NC(=O)Cc2ccc(F)cc2)cc1I. The molecular weight excluding hydrogens is 496 g/mol. The van der Waals surface area contributed by atoms with E-state index in [4.69, 9.17) is 10.00 Å². The van der Waals surface area contributed by atoms with Crippen LogP contribution in [0.3, 0.4) is 0 Å². The lowest BCUT2D eigenvalue weighted by molar-refractivity contribution is -0.120. The molecule has 0 fully saturated rings. The van der Waals surface area contributed by atoms with E-state index in [0.29, 0.717) is 23.5 Å². The molecule has 0 spiro atoms. The molecule has 0 unspecified atom stereocenters. The number of halogens is 2. The van der Waals surface area contributed by atoms with Crippen molar-refractivity contribution in [2.75, 3.05) is 0 Å². The third-order valence-corrected chi connectivity index (χ3v) is 5.00. The van der Waals surface area contributed by atoms with Gasteiger partial charge < -0.3 is 4.74 Å². The minimum Gasteiger partial charge on any atom is -0.488 e. The van der Waals surface area contributed by atoms with Crippen LogP contribution < -0.4 is 10.2 Å². The van der Waals surface area contributed by atoms with Crippen LogP contribution in [0.5, 0.6) is 5.75 Å². The minimum absolute atomic E-state index is 0.117. The molecule has 5 nitrogen and oxygen atoms in total. The van der Waals surface area contributed by atoms with Crippen molar-refractivity contribution < 1.29 is 13.9 Å². The van der Waals surface area contributed by atoms with Crippen LogP contribution in [-0.2, 0) is 17.8 Å². The normalized spacial score (nSPS) is 10.6. The molecule has 0 aliphatic heterocycles. The summed E-state index contributed by atoms with van der Waals surface area (Å²) in [6.07, 6.45) is 1.66. The Morgan fingerprint density at radius 2 is 1.93 bits per heavy atom. The monoisotopic (exact) mass is 513 g/mol. The van der Waals surface area contributed by atoms with Crippen molar-refractivity contribution in [1.29, 1.82) is 5.26 Å². The number of hydrogen-bond donors (Lipinski definition) is 1. The number of nitrogens with zero attached hydrogens (tertiary/aromatic N) is 2. The highest BCUT2D eigenvalue weighted by Gasteiger charge is 2.06. The Labute approximate surface area is 187 Å². The molecule has 3 rings (SSSR count).